The Hall–Kier alpha value is -2.36. The van der Waals surface area contributed by atoms with Gasteiger partial charge in [-0.15, -0.1) is 0 Å². The second-order valence-electron chi connectivity index (χ2n) is 4.18. The van der Waals surface area contributed by atoms with Crippen molar-refractivity contribution in [3.63, 3.8) is 0 Å². The van der Waals surface area contributed by atoms with Crippen LogP contribution in [0.4, 0.5) is 5.69 Å². The normalized spacial score (nSPS) is 13.1. The number of hydrogen-bond acceptors (Lipinski definition) is 3. The van der Waals surface area contributed by atoms with E-state index in [0.29, 0.717) is 12.3 Å². The summed E-state index contributed by atoms with van der Waals surface area (Å²) in [5.41, 5.74) is 4.00. The first kappa shape index (κ1) is 10.8. The first-order valence-electron chi connectivity index (χ1n) is 5.69. The summed E-state index contributed by atoms with van der Waals surface area (Å²) in [6, 6.07) is 9.76. The Labute approximate surface area is 105 Å². The second kappa shape index (κ2) is 4.14. The van der Waals surface area contributed by atoms with E-state index in [1.54, 1.807) is 13.3 Å². The molecule has 0 saturated carbocycles. The van der Waals surface area contributed by atoms with Crippen LogP contribution in [0, 0.1) is 0 Å². The summed E-state index contributed by atoms with van der Waals surface area (Å²) in [5.74, 6) is 0.631. The first-order valence-corrected chi connectivity index (χ1v) is 5.69. The molecular formula is C14H12N2O2. The molecule has 1 amide bonds. The van der Waals surface area contributed by atoms with Gasteiger partial charge >= 0.3 is 0 Å². The Balaban J connectivity index is 2.02. The van der Waals surface area contributed by atoms with Crippen molar-refractivity contribution in [2.75, 3.05) is 12.4 Å². The van der Waals surface area contributed by atoms with E-state index < -0.39 is 0 Å². The molecule has 1 N–H and O–H groups in total. The van der Waals surface area contributed by atoms with Crippen molar-refractivity contribution < 1.29 is 9.53 Å². The Morgan fingerprint density at radius 3 is 2.89 bits per heavy atom. The number of nitrogens with zero attached hydrogens (tertiary/aromatic N) is 1. The standard InChI is InChI=1S/C14H12N2O2/c1-18-14-8-10(4-5-15-14)9-2-3-11-7-13(17)16-12(11)6-9/h2-6,8H,7H2,1H3,(H,16,17). The van der Waals surface area contributed by atoms with Gasteiger partial charge in [-0.2, -0.15) is 0 Å². The van der Waals surface area contributed by atoms with Crippen LogP contribution >= 0.6 is 0 Å². The molecule has 1 aromatic heterocycles. The maximum atomic E-state index is 11.3. The highest BCUT2D eigenvalue weighted by atomic mass is 16.5. The van der Waals surface area contributed by atoms with Crippen molar-refractivity contribution >= 4 is 11.6 Å². The topological polar surface area (TPSA) is 51.2 Å². The fourth-order valence-corrected chi connectivity index (χ4v) is 2.09. The summed E-state index contributed by atoms with van der Waals surface area (Å²) in [6.07, 6.45) is 2.18. The zero-order valence-corrected chi connectivity index (χ0v) is 9.93. The number of rotatable bonds is 2. The molecule has 0 unspecified atom stereocenters. The van der Waals surface area contributed by atoms with Crippen LogP contribution < -0.4 is 10.1 Å². The Morgan fingerprint density at radius 1 is 1.22 bits per heavy atom. The van der Waals surface area contributed by atoms with Crippen molar-refractivity contribution in [2.24, 2.45) is 0 Å². The molecule has 0 bridgehead atoms. The molecule has 0 fully saturated rings. The number of carbonyl (C=O) groups excluding carboxylic acids is 1. The average molecular weight is 240 g/mol. The minimum absolute atomic E-state index is 0.0504. The number of aromatic nitrogens is 1. The van der Waals surface area contributed by atoms with Crippen molar-refractivity contribution in [1.82, 2.24) is 4.98 Å². The molecule has 0 atom stereocenters. The van der Waals surface area contributed by atoms with Gasteiger partial charge in [-0.05, 0) is 28.8 Å². The lowest BCUT2D eigenvalue weighted by molar-refractivity contribution is -0.115. The fraction of sp³-hybridized carbons (Fsp3) is 0.143. The van der Waals surface area contributed by atoms with E-state index in [4.69, 9.17) is 4.74 Å². The summed E-state index contributed by atoms with van der Waals surface area (Å²) < 4.78 is 5.11. The number of pyridine rings is 1. The first-order chi connectivity index (χ1) is 8.76. The van der Waals surface area contributed by atoms with Gasteiger partial charge in [0.25, 0.3) is 0 Å². The molecule has 1 aliphatic rings. The van der Waals surface area contributed by atoms with Gasteiger partial charge in [-0.3, -0.25) is 4.79 Å². The van der Waals surface area contributed by atoms with Crippen molar-refractivity contribution in [3.05, 3.63) is 42.1 Å². The van der Waals surface area contributed by atoms with Gasteiger partial charge in [-0.1, -0.05) is 12.1 Å². The number of benzene rings is 1. The van der Waals surface area contributed by atoms with Gasteiger partial charge in [0.2, 0.25) is 11.8 Å². The molecule has 2 aromatic rings. The SMILES string of the molecule is COc1cc(-c2ccc3c(c2)NC(=O)C3)ccn1. The lowest BCUT2D eigenvalue weighted by Gasteiger charge is -2.06. The number of methoxy groups -OCH3 is 1. The molecule has 3 rings (SSSR count). The van der Waals surface area contributed by atoms with E-state index in [1.807, 2.05) is 30.3 Å². The predicted octanol–water partition coefficient (Wildman–Crippen LogP) is 2.25. The van der Waals surface area contributed by atoms with Crippen LogP contribution in [0.15, 0.2) is 36.5 Å². The van der Waals surface area contributed by atoms with E-state index in [1.165, 1.54) is 0 Å². The molecule has 18 heavy (non-hydrogen) atoms. The fourth-order valence-electron chi connectivity index (χ4n) is 2.09. The van der Waals surface area contributed by atoms with Crippen molar-refractivity contribution in [2.45, 2.75) is 6.42 Å². The number of hydrogen-bond donors (Lipinski definition) is 1. The van der Waals surface area contributed by atoms with Crippen LogP contribution in [0.2, 0.25) is 0 Å². The highest BCUT2D eigenvalue weighted by Crippen LogP contribution is 2.30. The third kappa shape index (κ3) is 1.82. The van der Waals surface area contributed by atoms with Crippen LogP contribution in [0.3, 0.4) is 0 Å². The van der Waals surface area contributed by atoms with Crippen LogP contribution in [0.5, 0.6) is 5.88 Å². The van der Waals surface area contributed by atoms with Crippen LogP contribution in [0.25, 0.3) is 11.1 Å². The Kier molecular flexibility index (Phi) is 2.48. The smallest absolute Gasteiger partial charge is 0.228 e. The maximum Gasteiger partial charge on any atom is 0.228 e. The number of ether oxygens (including phenoxy) is 1. The molecule has 0 spiro atoms. The van der Waals surface area contributed by atoms with Gasteiger partial charge in [0.05, 0.1) is 13.5 Å². The average Bonchev–Trinajstić information content (AvgIpc) is 2.77. The molecular weight excluding hydrogens is 228 g/mol. The molecule has 0 saturated heterocycles. The Bertz CT molecular complexity index is 623. The second-order valence-corrected chi connectivity index (χ2v) is 4.18. The van der Waals surface area contributed by atoms with Gasteiger partial charge in [0.1, 0.15) is 0 Å². The van der Waals surface area contributed by atoms with E-state index in [-0.39, 0.29) is 5.91 Å². The van der Waals surface area contributed by atoms with E-state index in [0.717, 1.165) is 22.4 Å². The Morgan fingerprint density at radius 2 is 2.06 bits per heavy atom. The summed E-state index contributed by atoms with van der Waals surface area (Å²) in [7, 11) is 1.59. The lowest BCUT2D eigenvalue weighted by Crippen LogP contribution is -2.03. The largest absolute Gasteiger partial charge is 0.481 e. The molecule has 0 radical (unpaired) electrons. The van der Waals surface area contributed by atoms with Gasteiger partial charge in [-0.25, -0.2) is 4.98 Å². The number of carbonyl (C=O) groups is 1. The van der Waals surface area contributed by atoms with Gasteiger partial charge in [0.15, 0.2) is 0 Å². The third-order valence-electron chi connectivity index (χ3n) is 3.01. The minimum atomic E-state index is 0.0504. The molecule has 4 nitrogen and oxygen atoms in total. The van der Waals surface area contributed by atoms with Gasteiger partial charge < -0.3 is 10.1 Å². The van der Waals surface area contributed by atoms with Crippen LogP contribution in [-0.4, -0.2) is 18.0 Å². The molecule has 1 aliphatic heterocycles. The third-order valence-corrected chi connectivity index (χ3v) is 3.01. The minimum Gasteiger partial charge on any atom is -0.481 e. The van der Waals surface area contributed by atoms with E-state index in [9.17, 15) is 4.79 Å². The summed E-state index contributed by atoms with van der Waals surface area (Å²) >= 11 is 0. The molecule has 90 valence electrons. The monoisotopic (exact) mass is 240 g/mol. The summed E-state index contributed by atoms with van der Waals surface area (Å²) in [4.78, 5) is 15.4. The zero-order valence-electron chi connectivity index (χ0n) is 9.93. The predicted molar refractivity (Wildman–Crippen MR) is 68.6 cm³/mol. The highest BCUT2D eigenvalue weighted by Gasteiger charge is 2.17. The summed E-state index contributed by atoms with van der Waals surface area (Å²) in [6.45, 7) is 0. The van der Waals surface area contributed by atoms with Crippen molar-refractivity contribution in [3.8, 4) is 17.0 Å². The number of nitrogens with one attached hydrogen (secondary N) is 1. The number of amides is 1. The van der Waals surface area contributed by atoms with Crippen LogP contribution in [-0.2, 0) is 11.2 Å². The maximum absolute atomic E-state index is 11.3. The van der Waals surface area contributed by atoms with E-state index >= 15 is 0 Å². The molecule has 1 aromatic carbocycles. The van der Waals surface area contributed by atoms with Crippen LogP contribution in [0.1, 0.15) is 5.56 Å². The number of anilines is 1. The van der Waals surface area contributed by atoms with Crippen molar-refractivity contribution in [1.29, 1.82) is 0 Å². The molecule has 0 aliphatic carbocycles. The number of fused-ring (bicyclic) bond motifs is 1. The molecule has 4 heteroatoms. The lowest BCUT2D eigenvalue weighted by atomic mass is 10.0. The van der Waals surface area contributed by atoms with Gasteiger partial charge in [0, 0.05) is 18.0 Å². The zero-order chi connectivity index (χ0) is 12.5. The highest BCUT2D eigenvalue weighted by molar-refractivity contribution is 5.99. The summed E-state index contributed by atoms with van der Waals surface area (Å²) in [5, 5.41) is 2.85. The molecule has 2 heterocycles. The quantitative estimate of drug-likeness (QED) is 0.875. The van der Waals surface area contributed by atoms with E-state index in [2.05, 4.69) is 10.3 Å².